The fourth-order valence-corrected chi connectivity index (χ4v) is 3.28. The lowest BCUT2D eigenvalue weighted by Crippen LogP contribution is -1.99. The lowest BCUT2D eigenvalue weighted by Gasteiger charge is -2.11. The number of nitrogens with zero attached hydrogens (tertiary/aromatic N) is 1. The molecule has 0 unspecified atom stereocenters. The molecular formula is C22H13Cl3FNO. The van der Waals surface area contributed by atoms with E-state index in [1.807, 2.05) is 0 Å². The average Bonchev–Trinajstić information content (AvgIpc) is 2.67. The zero-order valence-corrected chi connectivity index (χ0v) is 16.7. The van der Waals surface area contributed by atoms with Crippen LogP contribution >= 0.6 is 34.8 Å². The Morgan fingerprint density at radius 2 is 1.64 bits per heavy atom. The largest absolute Gasteiger partial charge is 0.486 e. The summed E-state index contributed by atoms with van der Waals surface area (Å²) in [6.07, 6.45) is 1.67. The van der Waals surface area contributed by atoms with Crippen molar-refractivity contribution in [3.8, 4) is 11.8 Å². The van der Waals surface area contributed by atoms with E-state index in [1.54, 1.807) is 60.7 Å². The van der Waals surface area contributed by atoms with E-state index in [9.17, 15) is 9.65 Å². The molecule has 0 aromatic heterocycles. The first-order valence-electron chi connectivity index (χ1n) is 8.21. The number of benzene rings is 3. The van der Waals surface area contributed by atoms with E-state index in [-0.39, 0.29) is 28.2 Å². The van der Waals surface area contributed by atoms with Gasteiger partial charge in [0.2, 0.25) is 0 Å². The Morgan fingerprint density at radius 3 is 2.25 bits per heavy atom. The van der Waals surface area contributed by atoms with Gasteiger partial charge in [-0.25, -0.2) is 4.39 Å². The predicted octanol–water partition coefficient (Wildman–Crippen LogP) is 7.43. The van der Waals surface area contributed by atoms with Crippen LogP contribution in [0.2, 0.25) is 15.1 Å². The van der Waals surface area contributed by atoms with Gasteiger partial charge in [0.05, 0.1) is 21.7 Å². The van der Waals surface area contributed by atoms with Gasteiger partial charge in [0.15, 0.2) is 5.75 Å². The molecule has 6 heteroatoms. The minimum absolute atomic E-state index is 0.00444. The van der Waals surface area contributed by atoms with E-state index < -0.39 is 0 Å². The first-order chi connectivity index (χ1) is 13.5. The second-order valence-electron chi connectivity index (χ2n) is 5.87. The van der Waals surface area contributed by atoms with Crippen LogP contribution in [0, 0.1) is 17.1 Å². The number of halogens is 4. The van der Waals surface area contributed by atoms with Gasteiger partial charge in [0.1, 0.15) is 12.4 Å². The molecule has 0 saturated carbocycles. The van der Waals surface area contributed by atoms with E-state index in [4.69, 9.17) is 39.5 Å². The summed E-state index contributed by atoms with van der Waals surface area (Å²) in [5.74, 6) is -0.107. The predicted molar refractivity (Wildman–Crippen MR) is 112 cm³/mol. The van der Waals surface area contributed by atoms with Crippen molar-refractivity contribution in [2.75, 3.05) is 0 Å². The van der Waals surface area contributed by atoms with Crippen LogP contribution in [0.5, 0.6) is 5.75 Å². The number of nitriles is 1. The highest BCUT2D eigenvalue weighted by Crippen LogP contribution is 2.36. The van der Waals surface area contributed by atoms with Gasteiger partial charge < -0.3 is 4.74 Å². The molecule has 0 amide bonds. The standard InChI is InChI=1S/C22H13Cl3FNO/c23-18-7-5-15(6-8-18)17(12-27)9-14-10-19(24)22(20(25)11-14)28-13-16-3-1-2-4-21(16)26/h1-11H,13H2/b17-9+. The second-order valence-corrected chi connectivity index (χ2v) is 7.12. The van der Waals surface area contributed by atoms with E-state index in [0.717, 1.165) is 5.56 Å². The van der Waals surface area contributed by atoms with Crippen LogP contribution in [0.1, 0.15) is 16.7 Å². The quantitative estimate of drug-likeness (QED) is 0.310. The van der Waals surface area contributed by atoms with Crippen LogP contribution in [0.3, 0.4) is 0 Å². The van der Waals surface area contributed by atoms with E-state index in [2.05, 4.69) is 6.07 Å². The van der Waals surface area contributed by atoms with Crippen molar-refractivity contribution in [2.24, 2.45) is 0 Å². The maximum atomic E-state index is 13.7. The third-order valence-corrected chi connectivity index (χ3v) is 4.75. The molecule has 3 aromatic rings. The Bertz CT molecular complexity index is 1050. The Kier molecular flexibility index (Phi) is 6.59. The Hall–Kier alpha value is -2.51. The van der Waals surface area contributed by atoms with Crippen molar-refractivity contribution in [1.29, 1.82) is 5.26 Å². The number of hydrogen-bond acceptors (Lipinski definition) is 2. The van der Waals surface area contributed by atoms with E-state index in [0.29, 0.717) is 21.7 Å². The first kappa shape index (κ1) is 20.2. The first-order valence-corrected chi connectivity index (χ1v) is 9.34. The molecule has 0 N–H and O–H groups in total. The highest BCUT2D eigenvalue weighted by Gasteiger charge is 2.12. The summed E-state index contributed by atoms with van der Waals surface area (Å²) in [4.78, 5) is 0. The van der Waals surface area contributed by atoms with Crippen LogP contribution < -0.4 is 4.74 Å². The molecule has 0 spiro atoms. The molecule has 140 valence electrons. The van der Waals surface area contributed by atoms with Crippen LogP contribution in [0.25, 0.3) is 11.6 Å². The van der Waals surface area contributed by atoms with Crippen LogP contribution in [0.4, 0.5) is 4.39 Å². The normalized spacial score (nSPS) is 11.2. The Morgan fingerprint density at radius 1 is 1.00 bits per heavy atom. The summed E-state index contributed by atoms with van der Waals surface area (Å²) in [6.45, 7) is -0.00444. The molecule has 0 heterocycles. The van der Waals surface area contributed by atoms with Crippen molar-refractivity contribution < 1.29 is 9.13 Å². The topological polar surface area (TPSA) is 33.0 Å². The molecule has 0 aliphatic rings. The summed E-state index contributed by atoms with van der Waals surface area (Å²) < 4.78 is 19.3. The summed E-state index contributed by atoms with van der Waals surface area (Å²) in [5, 5.41) is 10.6. The third-order valence-electron chi connectivity index (χ3n) is 3.94. The second kappa shape index (κ2) is 9.12. The number of hydrogen-bond donors (Lipinski definition) is 0. The minimum Gasteiger partial charge on any atom is -0.486 e. The van der Waals surface area contributed by atoms with E-state index in [1.165, 1.54) is 6.07 Å². The molecule has 2 nitrogen and oxygen atoms in total. The van der Waals surface area contributed by atoms with Crippen LogP contribution in [0.15, 0.2) is 60.7 Å². The molecule has 3 rings (SSSR count). The summed E-state index contributed by atoms with van der Waals surface area (Å²) in [7, 11) is 0. The van der Waals surface area contributed by atoms with Gasteiger partial charge in [-0.15, -0.1) is 0 Å². The molecule has 0 bridgehead atoms. The maximum absolute atomic E-state index is 13.7. The van der Waals surface area contributed by atoms with Crippen LogP contribution in [-0.2, 0) is 6.61 Å². The van der Waals surface area contributed by atoms with Gasteiger partial charge in [-0.1, -0.05) is 65.1 Å². The molecule has 0 radical (unpaired) electrons. The summed E-state index contributed by atoms with van der Waals surface area (Å²) in [5.41, 5.74) is 2.19. The fraction of sp³-hybridized carbons (Fsp3) is 0.0455. The maximum Gasteiger partial charge on any atom is 0.157 e. The Balaban J connectivity index is 1.86. The smallest absolute Gasteiger partial charge is 0.157 e. The van der Waals surface area contributed by atoms with Crippen molar-refractivity contribution in [2.45, 2.75) is 6.61 Å². The molecule has 3 aromatic carbocycles. The SMILES string of the molecule is N#C/C(=C\c1cc(Cl)c(OCc2ccccc2F)c(Cl)c1)c1ccc(Cl)cc1. The van der Waals surface area contributed by atoms with Gasteiger partial charge in [-0.2, -0.15) is 5.26 Å². The number of rotatable bonds is 5. The monoisotopic (exact) mass is 431 g/mol. The zero-order valence-electron chi connectivity index (χ0n) is 14.4. The lowest BCUT2D eigenvalue weighted by molar-refractivity contribution is 0.300. The summed E-state index contributed by atoms with van der Waals surface area (Å²) in [6, 6.07) is 18.7. The minimum atomic E-state index is -0.365. The molecule has 0 saturated heterocycles. The zero-order chi connectivity index (χ0) is 20.1. The van der Waals surface area contributed by atoms with E-state index >= 15 is 0 Å². The number of ether oxygens (including phenoxy) is 1. The fourth-order valence-electron chi connectivity index (χ4n) is 2.54. The van der Waals surface area contributed by atoms with Crippen molar-refractivity contribution in [3.05, 3.63) is 98.2 Å². The van der Waals surface area contributed by atoms with Gasteiger partial charge in [-0.05, 0) is 47.5 Å². The van der Waals surface area contributed by atoms with Gasteiger partial charge in [-0.3, -0.25) is 0 Å². The Labute approximate surface area is 177 Å². The molecule has 0 aliphatic carbocycles. The molecular weight excluding hydrogens is 420 g/mol. The highest BCUT2D eigenvalue weighted by atomic mass is 35.5. The summed E-state index contributed by atoms with van der Waals surface area (Å²) >= 11 is 18.5. The molecule has 0 atom stereocenters. The molecule has 0 fully saturated rings. The lowest BCUT2D eigenvalue weighted by atomic mass is 10.0. The van der Waals surface area contributed by atoms with Gasteiger partial charge in [0, 0.05) is 10.6 Å². The molecule has 0 aliphatic heterocycles. The molecule has 28 heavy (non-hydrogen) atoms. The average molecular weight is 433 g/mol. The van der Waals surface area contributed by atoms with Crippen molar-refractivity contribution >= 4 is 46.5 Å². The highest BCUT2D eigenvalue weighted by molar-refractivity contribution is 6.37. The van der Waals surface area contributed by atoms with Gasteiger partial charge >= 0.3 is 0 Å². The van der Waals surface area contributed by atoms with Crippen LogP contribution in [-0.4, -0.2) is 0 Å². The van der Waals surface area contributed by atoms with Crippen molar-refractivity contribution in [1.82, 2.24) is 0 Å². The third kappa shape index (κ3) is 4.85. The van der Waals surface area contributed by atoms with Gasteiger partial charge in [0.25, 0.3) is 0 Å². The van der Waals surface area contributed by atoms with Crippen molar-refractivity contribution in [3.63, 3.8) is 0 Å². The number of allylic oxidation sites excluding steroid dienone is 1.